The molecule has 0 aliphatic heterocycles. The van der Waals surface area contributed by atoms with Crippen LogP contribution in [-0.2, 0) is 10.8 Å². The van der Waals surface area contributed by atoms with E-state index in [2.05, 4.69) is 108 Å². The van der Waals surface area contributed by atoms with Crippen molar-refractivity contribution in [2.24, 2.45) is 0 Å². The van der Waals surface area contributed by atoms with Crippen molar-refractivity contribution < 1.29 is 5.11 Å². The molecule has 3 aromatic carbocycles. The van der Waals surface area contributed by atoms with Gasteiger partial charge in [-0.15, -0.1) is 0 Å². The quantitative estimate of drug-likeness (QED) is 0.522. The maximum absolute atomic E-state index is 10.9. The lowest BCUT2D eigenvalue weighted by Crippen LogP contribution is -2.17. The molecule has 0 aliphatic carbocycles. The predicted octanol–water partition coefficient (Wildman–Crippen LogP) is 6.28. The first-order valence-electron chi connectivity index (χ1n) is 9.86. The molecule has 0 amide bonds. The second-order valence-corrected chi connectivity index (χ2v) is 10.9. The molecule has 1 unspecified atom stereocenters. The standard InChI is InChI=1S/C26H31OP/c1-25(2,3)22-16-19(17-23(24(22)27)26(4,5)6)18-12-14-21(15-13-18)28-20-10-8-7-9-11-20/h7-17,27-28H,1-6H3. The van der Waals surface area contributed by atoms with Gasteiger partial charge >= 0.3 is 0 Å². The van der Waals surface area contributed by atoms with Gasteiger partial charge in [0.05, 0.1) is 0 Å². The van der Waals surface area contributed by atoms with Crippen molar-refractivity contribution in [3.05, 3.63) is 77.9 Å². The van der Waals surface area contributed by atoms with E-state index in [0.29, 0.717) is 14.3 Å². The zero-order valence-electron chi connectivity index (χ0n) is 17.8. The van der Waals surface area contributed by atoms with Crippen LogP contribution in [0.3, 0.4) is 0 Å². The molecule has 0 aliphatic rings. The average molecular weight is 391 g/mol. The van der Waals surface area contributed by atoms with Gasteiger partial charge in [-0.05, 0) is 44.7 Å². The van der Waals surface area contributed by atoms with Crippen molar-refractivity contribution in [1.29, 1.82) is 0 Å². The highest BCUT2D eigenvalue weighted by molar-refractivity contribution is 7.55. The molecule has 0 spiro atoms. The fraction of sp³-hybridized carbons (Fsp3) is 0.308. The van der Waals surface area contributed by atoms with Gasteiger partial charge in [-0.25, -0.2) is 0 Å². The Balaban J connectivity index is 2.01. The average Bonchev–Trinajstić information content (AvgIpc) is 2.61. The lowest BCUT2D eigenvalue weighted by molar-refractivity contribution is 0.423. The van der Waals surface area contributed by atoms with Crippen LogP contribution in [0.1, 0.15) is 52.7 Å². The van der Waals surface area contributed by atoms with Gasteiger partial charge in [0.2, 0.25) is 0 Å². The number of rotatable bonds is 3. The minimum atomic E-state index is -0.116. The first-order valence-corrected chi connectivity index (χ1v) is 10.9. The summed E-state index contributed by atoms with van der Waals surface area (Å²) in [4.78, 5) is 0. The van der Waals surface area contributed by atoms with Crippen molar-refractivity contribution in [2.45, 2.75) is 52.4 Å². The third-order valence-corrected chi connectivity index (χ3v) is 6.25. The Hall–Kier alpha value is -2.11. The summed E-state index contributed by atoms with van der Waals surface area (Å²) < 4.78 is 0. The molecule has 1 atom stereocenters. The number of phenolic OH excluding ortho intramolecular Hbond substituents is 1. The molecule has 1 nitrogen and oxygen atoms in total. The molecular weight excluding hydrogens is 359 g/mol. The minimum absolute atomic E-state index is 0.116. The maximum atomic E-state index is 10.9. The molecule has 0 heterocycles. The van der Waals surface area contributed by atoms with Gasteiger partial charge in [0.1, 0.15) is 5.75 Å². The Kier molecular flexibility index (Phi) is 5.69. The highest BCUT2D eigenvalue weighted by atomic mass is 31.1. The van der Waals surface area contributed by atoms with Crippen molar-refractivity contribution in [3.8, 4) is 16.9 Å². The van der Waals surface area contributed by atoms with Gasteiger partial charge < -0.3 is 5.11 Å². The van der Waals surface area contributed by atoms with Crippen LogP contribution in [0, 0.1) is 0 Å². The first-order chi connectivity index (χ1) is 13.1. The van der Waals surface area contributed by atoms with E-state index in [-0.39, 0.29) is 10.8 Å². The van der Waals surface area contributed by atoms with Crippen LogP contribution < -0.4 is 10.6 Å². The van der Waals surface area contributed by atoms with Crippen LogP contribution in [-0.4, -0.2) is 5.11 Å². The third kappa shape index (κ3) is 4.65. The molecule has 28 heavy (non-hydrogen) atoms. The molecule has 0 radical (unpaired) electrons. The van der Waals surface area contributed by atoms with Gasteiger partial charge in [-0.3, -0.25) is 0 Å². The molecule has 1 N–H and O–H groups in total. The lowest BCUT2D eigenvalue weighted by Gasteiger charge is -2.28. The largest absolute Gasteiger partial charge is 0.507 e. The molecule has 3 rings (SSSR count). The van der Waals surface area contributed by atoms with E-state index in [1.807, 2.05) is 0 Å². The van der Waals surface area contributed by atoms with Crippen molar-refractivity contribution in [1.82, 2.24) is 0 Å². The van der Waals surface area contributed by atoms with Crippen LogP contribution >= 0.6 is 8.58 Å². The van der Waals surface area contributed by atoms with Crippen LogP contribution in [0.5, 0.6) is 5.75 Å². The highest BCUT2D eigenvalue weighted by Crippen LogP contribution is 2.41. The maximum Gasteiger partial charge on any atom is 0.123 e. The Labute approximate surface area is 171 Å². The third-order valence-electron chi connectivity index (χ3n) is 5.01. The van der Waals surface area contributed by atoms with E-state index in [0.717, 1.165) is 11.1 Å². The molecule has 0 aromatic heterocycles. The SMILES string of the molecule is CC(C)(C)c1cc(-c2ccc(Pc3ccccc3)cc2)cc(C(C)(C)C)c1O. The molecule has 2 heteroatoms. The zero-order valence-corrected chi connectivity index (χ0v) is 18.8. The first kappa shape index (κ1) is 20.6. The molecular formula is C26H31OP. The van der Waals surface area contributed by atoms with Crippen molar-refractivity contribution >= 4 is 19.2 Å². The van der Waals surface area contributed by atoms with Crippen LogP contribution in [0.25, 0.3) is 11.1 Å². The van der Waals surface area contributed by atoms with Gasteiger partial charge in [0.15, 0.2) is 0 Å². The summed E-state index contributed by atoms with van der Waals surface area (Å²) in [5.74, 6) is 0.436. The van der Waals surface area contributed by atoms with Gasteiger partial charge in [0.25, 0.3) is 0 Å². The normalized spacial score (nSPS) is 12.6. The summed E-state index contributed by atoms with van der Waals surface area (Å²) in [6.45, 7) is 12.9. The van der Waals surface area contributed by atoms with Gasteiger partial charge in [-0.1, -0.05) is 105 Å². The highest BCUT2D eigenvalue weighted by Gasteiger charge is 2.26. The number of phenols is 1. The summed E-state index contributed by atoms with van der Waals surface area (Å²) in [5.41, 5.74) is 4.14. The van der Waals surface area contributed by atoms with E-state index in [1.54, 1.807) is 0 Å². The predicted molar refractivity (Wildman–Crippen MR) is 125 cm³/mol. The number of aromatic hydroxyl groups is 1. The Morgan fingerprint density at radius 2 is 1.07 bits per heavy atom. The van der Waals surface area contributed by atoms with Crippen LogP contribution in [0.15, 0.2) is 66.7 Å². The minimum Gasteiger partial charge on any atom is -0.507 e. The second kappa shape index (κ2) is 7.72. The number of hydrogen-bond donors (Lipinski definition) is 1. The number of hydrogen-bond acceptors (Lipinski definition) is 1. The van der Waals surface area contributed by atoms with Crippen molar-refractivity contribution in [3.63, 3.8) is 0 Å². The van der Waals surface area contributed by atoms with E-state index in [9.17, 15) is 5.11 Å². The zero-order chi connectivity index (χ0) is 20.5. The van der Waals surface area contributed by atoms with Crippen LogP contribution in [0.4, 0.5) is 0 Å². The van der Waals surface area contributed by atoms with E-state index >= 15 is 0 Å². The molecule has 0 saturated heterocycles. The van der Waals surface area contributed by atoms with Crippen LogP contribution in [0.2, 0.25) is 0 Å². The molecule has 0 fully saturated rings. The Morgan fingerprint density at radius 3 is 1.54 bits per heavy atom. The fourth-order valence-corrected chi connectivity index (χ4v) is 4.40. The number of benzene rings is 3. The molecule has 0 bridgehead atoms. The smallest absolute Gasteiger partial charge is 0.123 e. The summed E-state index contributed by atoms with van der Waals surface area (Å²) in [5, 5.41) is 13.6. The molecule has 3 aromatic rings. The van der Waals surface area contributed by atoms with E-state index < -0.39 is 0 Å². The summed E-state index contributed by atoms with van der Waals surface area (Å²) in [6, 6.07) is 23.8. The molecule has 0 saturated carbocycles. The fourth-order valence-electron chi connectivity index (χ4n) is 3.38. The molecule has 146 valence electrons. The monoisotopic (exact) mass is 390 g/mol. The summed E-state index contributed by atoms with van der Waals surface area (Å²) >= 11 is 0. The van der Waals surface area contributed by atoms with E-state index in [1.165, 1.54) is 21.7 Å². The Morgan fingerprint density at radius 1 is 0.607 bits per heavy atom. The second-order valence-electron chi connectivity index (χ2n) is 9.49. The Bertz CT molecular complexity index is 907. The topological polar surface area (TPSA) is 20.2 Å². The van der Waals surface area contributed by atoms with Gasteiger partial charge in [0, 0.05) is 11.1 Å². The summed E-state index contributed by atoms with van der Waals surface area (Å²) in [7, 11) is 0.666. The lowest BCUT2D eigenvalue weighted by atomic mass is 9.78. The summed E-state index contributed by atoms with van der Waals surface area (Å²) in [6.07, 6.45) is 0. The van der Waals surface area contributed by atoms with Gasteiger partial charge in [-0.2, -0.15) is 0 Å². The van der Waals surface area contributed by atoms with Crippen molar-refractivity contribution in [2.75, 3.05) is 0 Å². The van der Waals surface area contributed by atoms with E-state index in [4.69, 9.17) is 0 Å².